The van der Waals surface area contributed by atoms with E-state index in [0.717, 1.165) is 6.07 Å². The molecule has 0 heterocycles. The number of amides is 1. The molecule has 1 N–H and O–H groups in total. The number of nitrogens with one attached hydrogen (secondary N) is 1. The van der Waals surface area contributed by atoms with Crippen molar-refractivity contribution in [3.63, 3.8) is 0 Å². The van der Waals surface area contributed by atoms with Crippen molar-refractivity contribution in [2.75, 3.05) is 12.4 Å². The fraction of sp³-hybridized carbons (Fsp3) is 0.467. The van der Waals surface area contributed by atoms with Gasteiger partial charge in [-0.05, 0) is 25.2 Å². The van der Waals surface area contributed by atoms with Gasteiger partial charge in [0.25, 0.3) is 0 Å². The van der Waals surface area contributed by atoms with Crippen LogP contribution in [0.5, 0.6) is 5.75 Å². The zero-order valence-corrected chi connectivity index (χ0v) is 15.8. The molecule has 1 saturated carbocycles. The number of aliphatic carboxylic acids is 1. The number of carbonyl (C=O) groups excluding carboxylic acids is 2. The monoisotopic (exact) mass is 351 g/mol. The van der Waals surface area contributed by atoms with Crippen LogP contribution in [-0.2, 0) is 9.59 Å². The largest absolute Gasteiger partial charge is 1.00 e. The van der Waals surface area contributed by atoms with Crippen LogP contribution >= 0.6 is 11.6 Å². The van der Waals surface area contributed by atoms with Crippen LogP contribution in [0.1, 0.15) is 25.7 Å². The van der Waals surface area contributed by atoms with Gasteiger partial charge in [0.1, 0.15) is 11.6 Å². The number of methoxy groups -OCH3 is 1. The summed E-state index contributed by atoms with van der Waals surface area (Å²) in [5.74, 6) is -2.98. The maximum absolute atomic E-state index is 13.5. The van der Waals surface area contributed by atoms with E-state index >= 15 is 0 Å². The van der Waals surface area contributed by atoms with Gasteiger partial charge in [-0.15, -0.1) is 0 Å². The minimum Gasteiger partial charge on any atom is -0.550 e. The van der Waals surface area contributed by atoms with Crippen molar-refractivity contribution in [3.8, 4) is 5.75 Å². The number of halogens is 2. The number of rotatable bonds is 4. The molecule has 1 aromatic carbocycles. The summed E-state index contributed by atoms with van der Waals surface area (Å²) in [5, 5.41) is 13.4. The molecule has 0 unspecified atom stereocenters. The van der Waals surface area contributed by atoms with E-state index in [1.54, 1.807) is 0 Å². The Balaban J connectivity index is 0.00000264. The molecule has 1 aliphatic carbocycles. The van der Waals surface area contributed by atoms with Gasteiger partial charge in [-0.25, -0.2) is 4.39 Å². The third-order valence-electron chi connectivity index (χ3n) is 3.88. The second-order valence-corrected chi connectivity index (χ2v) is 5.74. The number of carboxylic acids is 1. The molecule has 1 aromatic rings. The summed E-state index contributed by atoms with van der Waals surface area (Å²) in [5.41, 5.74) is 0.171. The molecule has 0 radical (unpaired) electrons. The SMILES string of the molecule is COc1cc(Cl)c(F)cc1NC(=O)[C@@H]1CCC[C@H](C(=O)[O-])C1.[Na+]. The first-order valence-electron chi connectivity index (χ1n) is 6.97. The van der Waals surface area contributed by atoms with Crippen LogP contribution in [0.4, 0.5) is 10.1 Å². The van der Waals surface area contributed by atoms with E-state index in [1.165, 1.54) is 13.2 Å². The molecule has 1 aliphatic rings. The van der Waals surface area contributed by atoms with Gasteiger partial charge in [0.15, 0.2) is 0 Å². The molecule has 2 atom stereocenters. The first-order chi connectivity index (χ1) is 10.4. The van der Waals surface area contributed by atoms with Crippen LogP contribution in [0.15, 0.2) is 12.1 Å². The minimum atomic E-state index is -1.13. The second-order valence-electron chi connectivity index (χ2n) is 5.34. The number of hydrogen-bond donors (Lipinski definition) is 1. The van der Waals surface area contributed by atoms with Crippen LogP contribution in [0.2, 0.25) is 5.02 Å². The predicted octanol–water partition coefficient (Wildman–Crippen LogP) is -1.01. The third-order valence-corrected chi connectivity index (χ3v) is 4.17. The van der Waals surface area contributed by atoms with Gasteiger partial charge in [-0.1, -0.05) is 18.0 Å². The number of anilines is 1. The number of carboxylic acid groups (broad SMARTS) is 1. The Morgan fingerprint density at radius 3 is 2.61 bits per heavy atom. The maximum atomic E-state index is 13.5. The van der Waals surface area contributed by atoms with E-state index in [4.69, 9.17) is 16.3 Å². The Labute approximate surface area is 160 Å². The summed E-state index contributed by atoms with van der Waals surface area (Å²) in [6, 6.07) is 2.36. The van der Waals surface area contributed by atoms with Crippen molar-refractivity contribution < 1.29 is 53.4 Å². The molecular weight excluding hydrogens is 336 g/mol. The normalized spacial score (nSPS) is 20.3. The molecule has 120 valence electrons. The van der Waals surface area contributed by atoms with Crippen molar-refractivity contribution in [3.05, 3.63) is 23.0 Å². The molecule has 8 heteroatoms. The first-order valence-corrected chi connectivity index (χ1v) is 7.35. The van der Waals surface area contributed by atoms with Crippen LogP contribution in [-0.4, -0.2) is 19.0 Å². The van der Waals surface area contributed by atoms with Gasteiger partial charge in [0, 0.05) is 24.0 Å². The molecule has 1 amide bonds. The van der Waals surface area contributed by atoms with E-state index in [1.807, 2.05) is 0 Å². The quantitative estimate of drug-likeness (QED) is 0.705. The van der Waals surface area contributed by atoms with E-state index in [-0.39, 0.29) is 58.3 Å². The summed E-state index contributed by atoms with van der Waals surface area (Å²) in [4.78, 5) is 23.2. The zero-order valence-electron chi connectivity index (χ0n) is 13.0. The molecule has 23 heavy (non-hydrogen) atoms. The molecule has 0 aromatic heterocycles. The van der Waals surface area contributed by atoms with Crippen LogP contribution in [0.3, 0.4) is 0 Å². The van der Waals surface area contributed by atoms with Gasteiger partial charge in [-0.2, -0.15) is 0 Å². The minimum absolute atomic E-state index is 0. The van der Waals surface area contributed by atoms with Gasteiger partial charge in [0.05, 0.1) is 17.8 Å². The summed E-state index contributed by atoms with van der Waals surface area (Å²) in [6.45, 7) is 0. The maximum Gasteiger partial charge on any atom is 1.00 e. The Morgan fingerprint density at radius 1 is 1.35 bits per heavy atom. The van der Waals surface area contributed by atoms with Gasteiger partial charge in [-0.3, -0.25) is 4.79 Å². The standard InChI is InChI=1S/C15H17ClFNO4.Na/c1-22-13-6-10(16)11(17)7-12(13)18-14(19)8-3-2-4-9(5-8)15(20)21;/h6-9H,2-5H2,1H3,(H,18,19)(H,20,21);/q;+1/p-1/t8-,9+;/m1./s1. The molecule has 0 spiro atoms. The molecule has 1 fully saturated rings. The summed E-state index contributed by atoms with van der Waals surface area (Å²) in [6.07, 6.45) is 1.98. The van der Waals surface area contributed by atoms with E-state index in [9.17, 15) is 19.1 Å². The molecule has 0 bridgehead atoms. The van der Waals surface area contributed by atoms with Crippen LogP contribution in [0.25, 0.3) is 0 Å². The Kier molecular flexibility index (Phi) is 7.80. The predicted molar refractivity (Wildman–Crippen MR) is 77.0 cm³/mol. The first kappa shape index (κ1) is 20.2. The van der Waals surface area contributed by atoms with Crippen molar-refractivity contribution in [1.82, 2.24) is 0 Å². The zero-order chi connectivity index (χ0) is 16.3. The Bertz CT molecular complexity index is 599. The van der Waals surface area contributed by atoms with Crippen molar-refractivity contribution in [1.29, 1.82) is 0 Å². The number of carbonyl (C=O) groups is 2. The fourth-order valence-corrected chi connectivity index (χ4v) is 2.83. The van der Waals surface area contributed by atoms with Crippen molar-refractivity contribution >= 4 is 29.2 Å². The number of hydrogen-bond acceptors (Lipinski definition) is 4. The summed E-state index contributed by atoms with van der Waals surface area (Å²) in [7, 11) is 1.38. The number of ether oxygens (including phenoxy) is 1. The van der Waals surface area contributed by atoms with Crippen molar-refractivity contribution in [2.45, 2.75) is 25.7 Å². The topological polar surface area (TPSA) is 78.5 Å². The molecule has 0 aliphatic heterocycles. The number of benzene rings is 1. The van der Waals surface area contributed by atoms with E-state index in [0.29, 0.717) is 19.3 Å². The average Bonchev–Trinajstić information content (AvgIpc) is 2.50. The smallest absolute Gasteiger partial charge is 0.550 e. The Hall–Kier alpha value is -0.820. The van der Waals surface area contributed by atoms with Gasteiger partial charge >= 0.3 is 29.6 Å². The second kappa shape index (κ2) is 8.87. The Morgan fingerprint density at radius 2 is 2.00 bits per heavy atom. The summed E-state index contributed by atoms with van der Waals surface area (Å²) >= 11 is 5.66. The molecular formula is C15H16ClFNNaO4. The van der Waals surface area contributed by atoms with Crippen molar-refractivity contribution in [2.24, 2.45) is 11.8 Å². The van der Waals surface area contributed by atoms with Gasteiger partial charge in [0.2, 0.25) is 5.91 Å². The molecule has 0 saturated heterocycles. The van der Waals surface area contributed by atoms with E-state index < -0.39 is 23.6 Å². The third kappa shape index (κ3) is 5.08. The van der Waals surface area contributed by atoms with E-state index in [2.05, 4.69) is 5.32 Å². The summed E-state index contributed by atoms with van der Waals surface area (Å²) < 4.78 is 18.6. The molecule has 5 nitrogen and oxygen atoms in total. The van der Waals surface area contributed by atoms with Gasteiger partial charge < -0.3 is 20.0 Å². The fourth-order valence-electron chi connectivity index (χ4n) is 2.67. The molecule has 2 rings (SSSR count). The van der Waals surface area contributed by atoms with Crippen LogP contribution in [0, 0.1) is 17.7 Å². The average molecular weight is 352 g/mol. The van der Waals surface area contributed by atoms with Crippen LogP contribution < -0.4 is 44.7 Å².